The van der Waals surface area contributed by atoms with Gasteiger partial charge in [-0.05, 0) is 65.9 Å². The first-order valence-corrected chi connectivity index (χ1v) is 7.57. The minimum absolute atomic E-state index is 0.0808. The van der Waals surface area contributed by atoms with Crippen LogP contribution in [-0.4, -0.2) is 30.4 Å². The predicted octanol–water partition coefficient (Wildman–Crippen LogP) is 2.96. The minimum Gasteiger partial charge on any atom is -0.338 e. The lowest BCUT2D eigenvalue weighted by Gasteiger charge is -2.29. The summed E-state index contributed by atoms with van der Waals surface area (Å²) < 4.78 is 0.867. The van der Waals surface area contributed by atoms with Gasteiger partial charge in [-0.3, -0.25) is 4.79 Å². The number of nitrogens with two attached hydrogens (primary N) is 1. The molecule has 2 rings (SSSR count). The van der Waals surface area contributed by atoms with Crippen molar-refractivity contribution in [3.63, 3.8) is 0 Å². The van der Waals surface area contributed by atoms with E-state index in [1.807, 2.05) is 37.1 Å². The number of rotatable bonds is 3. The van der Waals surface area contributed by atoms with E-state index in [1.165, 1.54) is 6.42 Å². The number of hydrogen-bond donors (Lipinski definition) is 1. The molecular weight excluding hydrogens is 304 g/mol. The Morgan fingerprint density at radius 1 is 1.47 bits per heavy atom. The zero-order valence-electron chi connectivity index (χ0n) is 11.5. The lowest BCUT2D eigenvalue weighted by Crippen LogP contribution is -2.41. The molecule has 1 saturated carbocycles. The third-order valence-corrected chi connectivity index (χ3v) is 4.75. The molecule has 0 saturated heterocycles. The van der Waals surface area contributed by atoms with E-state index in [0.29, 0.717) is 12.5 Å². The minimum atomic E-state index is 0.0808. The summed E-state index contributed by atoms with van der Waals surface area (Å²) in [7, 11) is 1.90. The lowest BCUT2D eigenvalue weighted by molar-refractivity contribution is 0.0699. The molecule has 2 atom stereocenters. The number of nitrogens with zero attached hydrogens (tertiary/aromatic N) is 1. The average Bonchev–Trinajstić information content (AvgIpc) is 2.85. The Labute approximate surface area is 123 Å². The summed E-state index contributed by atoms with van der Waals surface area (Å²) in [4.78, 5) is 14.5. The Kier molecular flexibility index (Phi) is 4.63. The molecule has 2 N–H and O–H groups in total. The van der Waals surface area contributed by atoms with Crippen molar-refractivity contribution in [1.82, 2.24) is 4.90 Å². The number of carbonyl (C=O) groups is 1. The number of amides is 1. The highest BCUT2D eigenvalue weighted by Gasteiger charge is 2.32. The molecule has 1 aromatic rings. The molecule has 0 bridgehead atoms. The second kappa shape index (κ2) is 6.06. The molecule has 1 amide bonds. The largest absolute Gasteiger partial charge is 0.338 e. The van der Waals surface area contributed by atoms with Crippen LogP contribution in [-0.2, 0) is 0 Å². The summed E-state index contributed by atoms with van der Waals surface area (Å²) in [5, 5.41) is 0. The Morgan fingerprint density at radius 3 is 2.84 bits per heavy atom. The molecule has 1 aliphatic carbocycles. The van der Waals surface area contributed by atoms with E-state index in [-0.39, 0.29) is 11.9 Å². The van der Waals surface area contributed by atoms with Gasteiger partial charge < -0.3 is 10.6 Å². The van der Waals surface area contributed by atoms with Gasteiger partial charge in [-0.25, -0.2) is 0 Å². The molecule has 19 heavy (non-hydrogen) atoms. The van der Waals surface area contributed by atoms with E-state index < -0.39 is 0 Å². The summed E-state index contributed by atoms with van der Waals surface area (Å²) in [6.45, 7) is 2.68. The van der Waals surface area contributed by atoms with Crippen LogP contribution in [0.1, 0.15) is 35.2 Å². The van der Waals surface area contributed by atoms with E-state index >= 15 is 0 Å². The highest BCUT2D eigenvalue weighted by molar-refractivity contribution is 9.10. The van der Waals surface area contributed by atoms with Gasteiger partial charge >= 0.3 is 0 Å². The van der Waals surface area contributed by atoms with Crippen molar-refractivity contribution in [2.24, 2.45) is 11.7 Å². The average molecular weight is 325 g/mol. The van der Waals surface area contributed by atoms with E-state index in [9.17, 15) is 4.79 Å². The molecule has 0 spiro atoms. The normalized spacial score (nSPS) is 22.5. The first-order valence-electron chi connectivity index (χ1n) is 6.78. The molecule has 1 aliphatic rings. The fourth-order valence-electron chi connectivity index (χ4n) is 2.94. The van der Waals surface area contributed by atoms with Gasteiger partial charge in [0.25, 0.3) is 5.91 Å². The molecule has 4 heteroatoms. The summed E-state index contributed by atoms with van der Waals surface area (Å²) in [6, 6.07) is 6.13. The fourth-order valence-corrected chi connectivity index (χ4v) is 3.60. The van der Waals surface area contributed by atoms with Gasteiger partial charge in [0.1, 0.15) is 0 Å². The highest BCUT2D eigenvalue weighted by Crippen LogP contribution is 2.30. The Hall–Kier alpha value is -0.870. The molecule has 0 radical (unpaired) electrons. The fraction of sp³-hybridized carbons (Fsp3) is 0.533. The van der Waals surface area contributed by atoms with Crippen LogP contribution in [0.3, 0.4) is 0 Å². The van der Waals surface area contributed by atoms with E-state index in [4.69, 9.17) is 5.73 Å². The maximum Gasteiger partial charge on any atom is 0.254 e. The second-order valence-corrected chi connectivity index (χ2v) is 6.25. The molecule has 104 valence electrons. The van der Waals surface area contributed by atoms with Gasteiger partial charge in [0.15, 0.2) is 0 Å². The monoisotopic (exact) mass is 324 g/mol. The first-order chi connectivity index (χ1) is 9.04. The van der Waals surface area contributed by atoms with Gasteiger partial charge in [0.05, 0.1) is 5.56 Å². The summed E-state index contributed by atoms with van der Waals surface area (Å²) >= 11 is 3.48. The highest BCUT2D eigenvalue weighted by atomic mass is 79.9. The number of aryl methyl sites for hydroxylation is 1. The van der Waals surface area contributed by atoms with Gasteiger partial charge in [-0.1, -0.05) is 12.5 Å². The van der Waals surface area contributed by atoms with Gasteiger partial charge in [-0.15, -0.1) is 0 Å². The third kappa shape index (κ3) is 3.00. The van der Waals surface area contributed by atoms with Crippen molar-refractivity contribution in [2.75, 3.05) is 13.6 Å². The predicted molar refractivity (Wildman–Crippen MR) is 81.2 cm³/mol. The molecule has 2 unspecified atom stereocenters. The Bertz CT molecular complexity index is 475. The topological polar surface area (TPSA) is 46.3 Å². The van der Waals surface area contributed by atoms with Crippen LogP contribution in [0.4, 0.5) is 0 Å². The van der Waals surface area contributed by atoms with Crippen LogP contribution >= 0.6 is 15.9 Å². The van der Waals surface area contributed by atoms with Crippen LogP contribution in [0.15, 0.2) is 22.7 Å². The molecule has 0 aromatic heterocycles. The van der Waals surface area contributed by atoms with Crippen LogP contribution in [0, 0.1) is 12.8 Å². The maximum absolute atomic E-state index is 12.6. The smallest absolute Gasteiger partial charge is 0.254 e. The zero-order chi connectivity index (χ0) is 14.0. The molecule has 0 heterocycles. The van der Waals surface area contributed by atoms with Gasteiger partial charge in [0.2, 0.25) is 0 Å². The summed E-state index contributed by atoms with van der Waals surface area (Å²) in [6.07, 6.45) is 3.36. The molecule has 1 fully saturated rings. The quantitative estimate of drug-likeness (QED) is 0.929. The van der Waals surface area contributed by atoms with Crippen LogP contribution < -0.4 is 5.73 Å². The summed E-state index contributed by atoms with van der Waals surface area (Å²) in [5.74, 6) is 0.524. The SMILES string of the molecule is Cc1ccc(C(=O)N(C)C2CCCC2CN)c(Br)c1. The van der Waals surface area contributed by atoms with Crippen LogP contribution in [0.25, 0.3) is 0 Å². The van der Waals surface area contributed by atoms with Crippen molar-refractivity contribution in [3.8, 4) is 0 Å². The number of hydrogen-bond acceptors (Lipinski definition) is 2. The maximum atomic E-state index is 12.6. The number of benzene rings is 1. The number of carbonyl (C=O) groups excluding carboxylic acids is 1. The second-order valence-electron chi connectivity index (χ2n) is 5.39. The zero-order valence-corrected chi connectivity index (χ0v) is 13.1. The summed E-state index contributed by atoms with van der Waals surface area (Å²) in [5.41, 5.74) is 7.68. The van der Waals surface area contributed by atoms with Gasteiger partial charge in [-0.2, -0.15) is 0 Å². The molecule has 1 aromatic carbocycles. The van der Waals surface area contributed by atoms with Crippen molar-refractivity contribution in [2.45, 2.75) is 32.2 Å². The molecular formula is C15H21BrN2O. The van der Waals surface area contributed by atoms with Crippen molar-refractivity contribution in [1.29, 1.82) is 0 Å². The van der Waals surface area contributed by atoms with Crippen LogP contribution in [0.5, 0.6) is 0 Å². The Balaban J connectivity index is 2.19. The number of halogens is 1. The molecule has 0 aliphatic heterocycles. The van der Waals surface area contributed by atoms with E-state index in [0.717, 1.165) is 28.4 Å². The van der Waals surface area contributed by atoms with Crippen molar-refractivity contribution >= 4 is 21.8 Å². The first kappa shape index (κ1) is 14.5. The van der Waals surface area contributed by atoms with Crippen molar-refractivity contribution in [3.05, 3.63) is 33.8 Å². The van der Waals surface area contributed by atoms with E-state index in [2.05, 4.69) is 15.9 Å². The third-order valence-electron chi connectivity index (χ3n) is 4.09. The Morgan fingerprint density at radius 2 is 2.21 bits per heavy atom. The van der Waals surface area contributed by atoms with Crippen molar-refractivity contribution < 1.29 is 4.79 Å². The standard InChI is InChI=1S/C15H21BrN2O/c1-10-6-7-12(13(16)8-10)15(19)18(2)14-5-3-4-11(14)9-17/h6-8,11,14H,3-5,9,17H2,1-2H3. The van der Waals surface area contributed by atoms with Gasteiger partial charge in [0, 0.05) is 17.6 Å². The van der Waals surface area contributed by atoms with Crippen LogP contribution in [0.2, 0.25) is 0 Å². The molecule has 3 nitrogen and oxygen atoms in total. The lowest BCUT2D eigenvalue weighted by atomic mass is 10.0. The van der Waals surface area contributed by atoms with E-state index in [1.54, 1.807) is 0 Å².